The number of aromatic nitrogens is 1. The summed E-state index contributed by atoms with van der Waals surface area (Å²) in [6.07, 6.45) is 2.89. The molecule has 5 nitrogen and oxygen atoms in total. The van der Waals surface area contributed by atoms with Crippen molar-refractivity contribution in [1.29, 1.82) is 0 Å². The van der Waals surface area contributed by atoms with Gasteiger partial charge in [-0.05, 0) is 36.8 Å². The van der Waals surface area contributed by atoms with E-state index in [9.17, 15) is 53.1 Å². The standard InChI is InChI=1S/C28H30F11NO4/c1-2-3-4-5-6-7-8-9-16-42-22-15-10-19(17-40-22)23(41)44-21-13-11-20(12-14-21)43-18-24(29,30)25(31,32)26(33,34)27(35,36)28(37,38)39/h10-15,17H,2-9,16,18H2,1H3. The fraction of sp³-hybridized carbons (Fsp3) is 0.571. The van der Waals surface area contributed by atoms with Crippen LogP contribution in [0.1, 0.15) is 68.6 Å². The van der Waals surface area contributed by atoms with Crippen molar-refractivity contribution < 1.29 is 67.3 Å². The Morgan fingerprint density at radius 1 is 0.659 bits per heavy atom. The molecular formula is C28H30F11NO4. The molecule has 0 fully saturated rings. The van der Waals surface area contributed by atoms with Gasteiger partial charge >= 0.3 is 35.8 Å². The molecule has 2 rings (SSSR count). The third-order valence-electron chi connectivity index (χ3n) is 6.28. The summed E-state index contributed by atoms with van der Waals surface area (Å²) in [6, 6.07) is 6.16. The Hall–Kier alpha value is -3.33. The highest BCUT2D eigenvalue weighted by Gasteiger charge is 2.87. The number of nitrogens with zero attached hydrogens (tertiary/aromatic N) is 1. The van der Waals surface area contributed by atoms with Crippen LogP contribution in [0.15, 0.2) is 42.6 Å². The Labute approximate surface area is 245 Å². The molecule has 0 N–H and O–H groups in total. The first kappa shape index (κ1) is 36.9. The second-order valence-electron chi connectivity index (χ2n) is 9.78. The van der Waals surface area contributed by atoms with Crippen molar-refractivity contribution in [2.24, 2.45) is 0 Å². The number of benzene rings is 1. The van der Waals surface area contributed by atoms with Crippen LogP contribution in [0.2, 0.25) is 0 Å². The van der Waals surface area contributed by atoms with Gasteiger partial charge in [-0.15, -0.1) is 0 Å². The lowest BCUT2D eigenvalue weighted by Gasteiger charge is -2.37. The fourth-order valence-corrected chi connectivity index (χ4v) is 3.64. The van der Waals surface area contributed by atoms with Crippen molar-refractivity contribution in [1.82, 2.24) is 4.98 Å². The third kappa shape index (κ3) is 9.10. The van der Waals surface area contributed by atoms with Gasteiger partial charge in [0, 0.05) is 12.3 Å². The van der Waals surface area contributed by atoms with E-state index < -0.39 is 48.2 Å². The van der Waals surface area contributed by atoms with E-state index in [4.69, 9.17) is 9.47 Å². The molecule has 248 valence electrons. The average molecular weight is 654 g/mol. The smallest absolute Gasteiger partial charge is 0.460 e. The first-order chi connectivity index (χ1) is 20.4. The molecule has 0 aliphatic heterocycles. The summed E-state index contributed by atoms with van der Waals surface area (Å²) in [4.78, 5) is 16.3. The van der Waals surface area contributed by atoms with Gasteiger partial charge in [-0.2, -0.15) is 48.3 Å². The number of carbonyl (C=O) groups excluding carboxylic acids is 1. The Morgan fingerprint density at radius 3 is 1.73 bits per heavy atom. The number of ether oxygens (including phenoxy) is 3. The molecule has 0 aliphatic carbocycles. The minimum atomic E-state index is -7.52. The highest BCUT2D eigenvalue weighted by atomic mass is 19.4. The maximum atomic E-state index is 13.8. The molecule has 1 aromatic carbocycles. The first-order valence-corrected chi connectivity index (χ1v) is 13.5. The zero-order valence-electron chi connectivity index (χ0n) is 23.4. The number of rotatable bonds is 18. The molecule has 44 heavy (non-hydrogen) atoms. The quantitative estimate of drug-likeness (QED) is 0.0695. The zero-order chi connectivity index (χ0) is 33.2. The van der Waals surface area contributed by atoms with Crippen LogP contribution >= 0.6 is 0 Å². The lowest BCUT2D eigenvalue weighted by molar-refractivity contribution is -0.423. The van der Waals surface area contributed by atoms with E-state index in [0.29, 0.717) is 6.61 Å². The van der Waals surface area contributed by atoms with Gasteiger partial charge in [0.1, 0.15) is 11.5 Å². The maximum absolute atomic E-state index is 13.8. The molecule has 0 spiro atoms. The normalized spacial score (nSPS) is 13.1. The van der Waals surface area contributed by atoms with Gasteiger partial charge in [-0.1, -0.05) is 51.9 Å². The van der Waals surface area contributed by atoms with Crippen LogP contribution in [-0.4, -0.2) is 54.0 Å². The van der Waals surface area contributed by atoms with Crippen molar-refractivity contribution in [2.75, 3.05) is 13.2 Å². The second-order valence-corrected chi connectivity index (χ2v) is 9.78. The van der Waals surface area contributed by atoms with Gasteiger partial charge in [0.25, 0.3) is 0 Å². The number of alkyl halides is 11. The molecule has 1 aromatic heterocycles. The van der Waals surface area contributed by atoms with Crippen LogP contribution in [0.5, 0.6) is 17.4 Å². The molecule has 0 saturated heterocycles. The number of esters is 1. The van der Waals surface area contributed by atoms with E-state index in [1.165, 1.54) is 50.4 Å². The van der Waals surface area contributed by atoms with Crippen LogP contribution in [0.25, 0.3) is 0 Å². The first-order valence-electron chi connectivity index (χ1n) is 13.5. The van der Waals surface area contributed by atoms with Crippen molar-refractivity contribution in [3.05, 3.63) is 48.2 Å². The monoisotopic (exact) mass is 653 g/mol. The largest absolute Gasteiger partial charge is 0.487 e. The summed E-state index contributed by atoms with van der Waals surface area (Å²) in [5.41, 5.74) is -0.0109. The predicted molar refractivity (Wildman–Crippen MR) is 135 cm³/mol. The summed E-state index contributed by atoms with van der Waals surface area (Å²) in [5, 5.41) is 0. The molecular weight excluding hydrogens is 623 g/mol. The van der Waals surface area contributed by atoms with Gasteiger partial charge < -0.3 is 14.2 Å². The predicted octanol–water partition coefficient (Wildman–Crippen LogP) is 9.30. The van der Waals surface area contributed by atoms with Gasteiger partial charge in [-0.25, -0.2) is 9.78 Å². The van der Waals surface area contributed by atoms with Crippen LogP contribution in [0.4, 0.5) is 48.3 Å². The van der Waals surface area contributed by atoms with Crippen LogP contribution in [0.3, 0.4) is 0 Å². The molecule has 1 heterocycles. The Balaban J connectivity index is 1.87. The summed E-state index contributed by atoms with van der Waals surface area (Å²) < 4.78 is 159. The van der Waals surface area contributed by atoms with Crippen molar-refractivity contribution in [3.63, 3.8) is 0 Å². The SMILES string of the molecule is CCCCCCCCCCOc1ccc(C(=O)Oc2ccc(OCC(F)(F)C(F)(F)C(F)(F)C(F)(F)C(F)(F)F)cc2)cn1. The fourth-order valence-electron chi connectivity index (χ4n) is 3.64. The topological polar surface area (TPSA) is 57.7 Å². The molecule has 0 radical (unpaired) electrons. The number of hydrogen-bond donors (Lipinski definition) is 0. The van der Waals surface area contributed by atoms with Crippen LogP contribution in [0, 0.1) is 0 Å². The molecule has 0 bridgehead atoms. The van der Waals surface area contributed by atoms with E-state index in [-0.39, 0.29) is 17.2 Å². The average Bonchev–Trinajstić information content (AvgIpc) is 2.95. The van der Waals surface area contributed by atoms with E-state index in [0.717, 1.165) is 43.5 Å². The van der Waals surface area contributed by atoms with Crippen molar-refractivity contribution in [3.8, 4) is 17.4 Å². The molecule has 0 aliphatic rings. The zero-order valence-corrected chi connectivity index (χ0v) is 23.4. The van der Waals surface area contributed by atoms with Crippen molar-refractivity contribution in [2.45, 2.75) is 88.2 Å². The highest BCUT2D eigenvalue weighted by molar-refractivity contribution is 5.90. The molecule has 0 saturated carbocycles. The lowest BCUT2D eigenvalue weighted by atomic mass is 9.98. The summed E-state index contributed by atoms with van der Waals surface area (Å²) in [7, 11) is 0. The van der Waals surface area contributed by atoms with Gasteiger partial charge in [0.05, 0.1) is 12.2 Å². The maximum Gasteiger partial charge on any atom is 0.460 e. The number of hydrogen-bond acceptors (Lipinski definition) is 5. The lowest BCUT2D eigenvalue weighted by Crippen LogP contribution is -2.67. The molecule has 2 aromatic rings. The Morgan fingerprint density at radius 2 is 1.20 bits per heavy atom. The van der Waals surface area contributed by atoms with Gasteiger partial charge in [0.2, 0.25) is 5.88 Å². The van der Waals surface area contributed by atoms with E-state index in [2.05, 4.69) is 16.6 Å². The van der Waals surface area contributed by atoms with Crippen molar-refractivity contribution >= 4 is 5.97 Å². The van der Waals surface area contributed by atoms with E-state index in [1.54, 1.807) is 0 Å². The third-order valence-corrected chi connectivity index (χ3v) is 6.28. The molecule has 16 heteroatoms. The number of unbranched alkanes of at least 4 members (excludes halogenated alkanes) is 7. The minimum Gasteiger partial charge on any atom is -0.487 e. The summed E-state index contributed by atoms with van der Waals surface area (Å²) in [5.74, 6) is -29.9. The van der Waals surface area contributed by atoms with Gasteiger partial charge in [0.15, 0.2) is 6.61 Å². The second kappa shape index (κ2) is 15.1. The minimum absolute atomic E-state index is 0.0109. The summed E-state index contributed by atoms with van der Waals surface area (Å²) in [6.45, 7) is -0.102. The summed E-state index contributed by atoms with van der Waals surface area (Å²) >= 11 is 0. The van der Waals surface area contributed by atoms with E-state index >= 15 is 0 Å². The molecule has 0 atom stereocenters. The Bertz CT molecular complexity index is 1170. The van der Waals surface area contributed by atoms with Gasteiger partial charge in [-0.3, -0.25) is 0 Å². The van der Waals surface area contributed by atoms with Crippen LogP contribution < -0.4 is 14.2 Å². The highest BCUT2D eigenvalue weighted by Crippen LogP contribution is 2.57. The molecule has 0 amide bonds. The number of pyridine rings is 1. The van der Waals surface area contributed by atoms with E-state index in [1.807, 2.05) is 0 Å². The molecule has 0 unspecified atom stereocenters. The number of carbonyl (C=O) groups is 1. The van der Waals surface area contributed by atoms with Crippen LogP contribution in [-0.2, 0) is 0 Å². The Kier molecular flexibility index (Phi) is 12.7. The number of halogens is 11.